The van der Waals surface area contributed by atoms with Crippen LogP contribution in [-0.4, -0.2) is 0 Å². The van der Waals surface area contributed by atoms with Crippen molar-refractivity contribution in [1.82, 2.24) is 0 Å². The Hall–Kier alpha value is 0.714. The van der Waals surface area contributed by atoms with Gasteiger partial charge in [-0.2, -0.15) is 5.92 Å². The molecule has 0 aromatic rings. The quantitative estimate of drug-likeness (QED) is 0.514. The third-order valence-electron chi connectivity index (χ3n) is 1.32. The first kappa shape index (κ1) is 20.2. The Bertz CT molecular complexity index is 101. The van der Waals surface area contributed by atoms with Crippen molar-refractivity contribution in [2.75, 3.05) is 0 Å². The van der Waals surface area contributed by atoms with Crippen LogP contribution in [0.3, 0.4) is 0 Å². The molecular weight excluding hydrogens is 245 g/mol. The summed E-state index contributed by atoms with van der Waals surface area (Å²) in [6.07, 6.45) is 7.85. The van der Waals surface area contributed by atoms with E-state index in [2.05, 4.69) is 47.6 Å². The molecule has 0 N–H and O–H groups in total. The van der Waals surface area contributed by atoms with Crippen molar-refractivity contribution in [2.45, 2.75) is 47.0 Å². The first-order valence-electron chi connectivity index (χ1n) is 5.28. The first-order valence-corrected chi connectivity index (χ1v) is 5.28. The molecule has 0 aromatic heterocycles. The average molecular weight is 271 g/mol. The van der Waals surface area contributed by atoms with Crippen LogP contribution in [0.15, 0.2) is 12.2 Å². The molecule has 0 amide bonds. The molecular formula is C13H26Y-2. The van der Waals surface area contributed by atoms with Crippen LogP contribution in [0.4, 0.5) is 0 Å². The molecule has 0 unspecified atom stereocenters. The molecule has 0 heterocycles. The van der Waals surface area contributed by atoms with Gasteiger partial charge < -0.3 is 6.92 Å². The zero-order valence-electron chi connectivity index (χ0n) is 10.4. The van der Waals surface area contributed by atoms with E-state index in [1.54, 1.807) is 0 Å². The molecule has 14 heavy (non-hydrogen) atoms. The van der Waals surface area contributed by atoms with Gasteiger partial charge in [0.05, 0.1) is 0 Å². The molecule has 83 valence electrons. The third kappa shape index (κ3) is 38.7. The Morgan fingerprint density at radius 3 is 1.86 bits per heavy atom. The molecule has 0 aliphatic heterocycles. The monoisotopic (exact) mass is 271 g/mol. The number of hydrogen-bond acceptors (Lipinski definition) is 0. The molecule has 0 aromatic carbocycles. The van der Waals surface area contributed by atoms with Gasteiger partial charge in [-0.05, 0) is 5.92 Å². The summed E-state index contributed by atoms with van der Waals surface area (Å²) in [5, 5.41) is 0. The second kappa shape index (κ2) is 16.2. The molecule has 0 rings (SSSR count). The molecule has 0 nitrogen and oxygen atoms in total. The first-order chi connectivity index (χ1) is 6.00. The fourth-order valence-corrected chi connectivity index (χ4v) is 0.762. The number of hydrogen-bond donors (Lipinski definition) is 0. The van der Waals surface area contributed by atoms with Crippen molar-refractivity contribution in [2.24, 2.45) is 11.8 Å². The zero-order chi connectivity index (χ0) is 10.7. The summed E-state index contributed by atoms with van der Waals surface area (Å²) >= 11 is 0. The van der Waals surface area contributed by atoms with Gasteiger partial charge in [-0.3, -0.25) is 0 Å². The molecule has 0 saturated carbocycles. The SMILES string of the molecule is [CH2-]/C=C\CCCC(C)C.[CH2-]C(C)C.[Y]. The Morgan fingerprint density at radius 2 is 1.57 bits per heavy atom. The normalized spacial score (nSPS) is 9.93. The minimum Gasteiger partial charge on any atom is -0.341 e. The van der Waals surface area contributed by atoms with Crippen LogP contribution in [0.5, 0.6) is 0 Å². The number of unbranched alkanes of at least 4 members (excludes halogenated alkanes) is 1. The van der Waals surface area contributed by atoms with Crippen molar-refractivity contribution in [3.05, 3.63) is 26.0 Å². The fraction of sp³-hybridized carbons (Fsp3) is 0.692. The Labute approximate surface area is 117 Å². The molecule has 0 saturated heterocycles. The maximum Gasteiger partial charge on any atom is 0 e. The maximum atomic E-state index is 3.64. The van der Waals surface area contributed by atoms with Gasteiger partial charge in [-0.1, -0.05) is 40.5 Å². The van der Waals surface area contributed by atoms with Gasteiger partial charge in [0.15, 0.2) is 0 Å². The van der Waals surface area contributed by atoms with Gasteiger partial charge in [-0.25, -0.2) is 19.1 Å². The second-order valence-electron chi connectivity index (χ2n) is 4.19. The van der Waals surface area contributed by atoms with Crippen molar-refractivity contribution >= 4 is 0 Å². The Kier molecular flexibility index (Phi) is 23.3. The zero-order valence-corrected chi connectivity index (χ0v) is 13.3. The van der Waals surface area contributed by atoms with Gasteiger partial charge in [0.2, 0.25) is 0 Å². The molecule has 1 heteroatoms. The molecule has 1 radical (unpaired) electrons. The molecule has 0 aliphatic carbocycles. The van der Waals surface area contributed by atoms with Crippen LogP contribution in [0.25, 0.3) is 0 Å². The fourth-order valence-electron chi connectivity index (χ4n) is 0.762. The summed E-state index contributed by atoms with van der Waals surface area (Å²) in [5.74, 6) is 1.43. The van der Waals surface area contributed by atoms with Crippen molar-refractivity contribution < 1.29 is 32.7 Å². The van der Waals surface area contributed by atoms with E-state index in [4.69, 9.17) is 0 Å². The average Bonchev–Trinajstić information content (AvgIpc) is 1.97. The Balaban J connectivity index is -0.000000209. The summed E-state index contributed by atoms with van der Waals surface area (Å²) in [5.41, 5.74) is 0. The van der Waals surface area contributed by atoms with E-state index in [0.717, 1.165) is 5.92 Å². The van der Waals surface area contributed by atoms with Crippen LogP contribution in [0.2, 0.25) is 0 Å². The van der Waals surface area contributed by atoms with E-state index in [9.17, 15) is 0 Å². The van der Waals surface area contributed by atoms with E-state index in [0.29, 0.717) is 5.92 Å². The number of allylic oxidation sites excluding steroid dienone is 2. The van der Waals surface area contributed by atoms with Gasteiger partial charge in [0.1, 0.15) is 0 Å². The maximum absolute atomic E-state index is 3.64. The van der Waals surface area contributed by atoms with Gasteiger partial charge in [0, 0.05) is 32.7 Å². The summed E-state index contributed by atoms with van der Waals surface area (Å²) in [7, 11) is 0. The second-order valence-corrected chi connectivity index (χ2v) is 4.19. The number of rotatable bonds is 4. The van der Waals surface area contributed by atoms with E-state index in [-0.39, 0.29) is 32.7 Å². The van der Waals surface area contributed by atoms with Gasteiger partial charge in [0.25, 0.3) is 0 Å². The summed E-state index contributed by atoms with van der Waals surface area (Å²) in [6.45, 7) is 15.9. The predicted octanol–water partition coefficient (Wildman–Crippen LogP) is 4.68. The Morgan fingerprint density at radius 1 is 1.14 bits per heavy atom. The van der Waals surface area contributed by atoms with Crippen molar-refractivity contribution in [1.29, 1.82) is 0 Å². The standard InChI is InChI=1S/C9H17.C4H9.Y/c1-4-5-6-7-8-9(2)3;1-4(2)3;/h4-5,9H,1,6-8H2,2-3H3;4H,1H2,2-3H3;/q2*-1;/b5-4-;;. The van der Waals surface area contributed by atoms with E-state index in [1.807, 2.05) is 6.08 Å². The van der Waals surface area contributed by atoms with Gasteiger partial charge in [-0.15, -0.1) is 6.42 Å². The van der Waals surface area contributed by atoms with Crippen molar-refractivity contribution in [3.8, 4) is 0 Å². The van der Waals surface area contributed by atoms with E-state index < -0.39 is 0 Å². The van der Waals surface area contributed by atoms with Gasteiger partial charge >= 0.3 is 0 Å². The van der Waals surface area contributed by atoms with E-state index in [1.165, 1.54) is 19.3 Å². The largest absolute Gasteiger partial charge is 0.341 e. The molecule has 0 bridgehead atoms. The van der Waals surface area contributed by atoms with Crippen LogP contribution in [0, 0.1) is 25.7 Å². The molecule has 0 aliphatic rings. The summed E-state index contributed by atoms with van der Waals surface area (Å²) in [4.78, 5) is 0. The van der Waals surface area contributed by atoms with Crippen LogP contribution < -0.4 is 0 Å². The van der Waals surface area contributed by atoms with Crippen LogP contribution in [-0.2, 0) is 32.7 Å². The molecule has 0 fully saturated rings. The van der Waals surface area contributed by atoms with E-state index >= 15 is 0 Å². The minimum atomic E-state index is 0. The molecule has 0 atom stereocenters. The summed E-state index contributed by atoms with van der Waals surface area (Å²) in [6, 6.07) is 0. The predicted molar refractivity (Wildman–Crippen MR) is 63.4 cm³/mol. The third-order valence-corrected chi connectivity index (χ3v) is 1.32. The van der Waals surface area contributed by atoms with Crippen LogP contribution >= 0.6 is 0 Å². The van der Waals surface area contributed by atoms with Crippen molar-refractivity contribution in [3.63, 3.8) is 0 Å². The minimum absolute atomic E-state index is 0. The topological polar surface area (TPSA) is 0 Å². The smallest absolute Gasteiger partial charge is 0 e. The van der Waals surface area contributed by atoms with Crippen LogP contribution in [0.1, 0.15) is 47.0 Å². The molecule has 0 spiro atoms. The summed E-state index contributed by atoms with van der Waals surface area (Å²) < 4.78 is 0.